The number of carbonyl (C=O) groups excluding carboxylic acids is 1. The van der Waals surface area contributed by atoms with Crippen molar-refractivity contribution < 1.29 is 14.7 Å². The average molecular weight is 342 g/mol. The molecule has 19 heavy (non-hydrogen) atoms. The lowest BCUT2D eigenvalue weighted by atomic mass is 10.2. The molecule has 1 fully saturated rings. The first-order valence-electron chi connectivity index (χ1n) is 5.63. The number of carboxylic acids is 1. The van der Waals surface area contributed by atoms with E-state index in [1.807, 2.05) is 24.3 Å². The molecule has 6 heteroatoms. The van der Waals surface area contributed by atoms with E-state index in [9.17, 15) is 9.59 Å². The van der Waals surface area contributed by atoms with Gasteiger partial charge in [0.05, 0.1) is 5.88 Å². The molecular weight excluding hydrogens is 330 g/mol. The summed E-state index contributed by atoms with van der Waals surface area (Å²) in [5, 5.41) is 9.01. The Labute approximate surface area is 123 Å². The lowest BCUT2D eigenvalue weighted by Gasteiger charge is -2.18. The quantitative estimate of drug-likeness (QED) is 0.858. The van der Waals surface area contributed by atoms with Crippen molar-refractivity contribution in [1.29, 1.82) is 0 Å². The predicted molar refractivity (Wildman–Crippen MR) is 78.8 cm³/mol. The highest BCUT2D eigenvalue weighted by atomic mass is 79.9. The van der Waals surface area contributed by atoms with E-state index in [1.165, 1.54) is 22.7 Å². The van der Waals surface area contributed by atoms with E-state index in [-0.39, 0.29) is 5.91 Å². The fourth-order valence-corrected chi connectivity index (χ4v) is 3.12. The molecule has 1 aromatic rings. The monoisotopic (exact) mass is 341 g/mol. The Morgan fingerprint density at radius 1 is 1.37 bits per heavy atom. The number of rotatable bonds is 3. The molecule has 0 saturated carbocycles. The van der Waals surface area contributed by atoms with Crippen LogP contribution in [0.3, 0.4) is 0 Å². The molecule has 100 valence electrons. The standard InChI is InChI=1S/C13H12BrNO3S/c14-10-4-1-9(2-5-10)3-6-12(16)15-8-19-7-11(15)13(17)18/h1-6,11H,7-8H2,(H,17,18)/b6-3+/t11-/m0/s1. The molecule has 1 aliphatic rings. The van der Waals surface area contributed by atoms with Gasteiger partial charge in [-0.3, -0.25) is 4.79 Å². The van der Waals surface area contributed by atoms with Crippen LogP contribution in [0.25, 0.3) is 6.08 Å². The summed E-state index contributed by atoms with van der Waals surface area (Å²) in [7, 11) is 0. The summed E-state index contributed by atoms with van der Waals surface area (Å²) in [6.45, 7) is 0. The second-order valence-corrected chi connectivity index (χ2v) is 5.96. The lowest BCUT2D eigenvalue weighted by molar-refractivity contribution is -0.146. The zero-order valence-corrected chi connectivity index (χ0v) is 12.4. The number of thioether (sulfide) groups is 1. The minimum atomic E-state index is -0.949. The summed E-state index contributed by atoms with van der Waals surface area (Å²) in [4.78, 5) is 24.3. The summed E-state index contributed by atoms with van der Waals surface area (Å²) < 4.78 is 0.970. The van der Waals surface area contributed by atoms with Crippen LogP contribution >= 0.6 is 27.7 Å². The van der Waals surface area contributed by atoms with Gasteiger partial charge in [-0.1, -0.05) is 28.1 Å². The number of hydrogen-bond donors (Lipinski definition) is 1. The Morgan fingerprint density at radius 3 is 2.68 bits per heavy atom. The molecule has 0 radical (unpaired) electrons. The molecule has 0 unspecified atom stereocenters. The maximum absolute atomic E-state index is 12.0. The molecule has 1 aromatic carbocycles. The number of carbonyl (C=O) groups is 2. The van der Waals surface area contributed by atoms with Crippen LogP contribution in [0.4, 0.5) is 0 Å². The molecule has 0 spiro atoms. The molecule has 0 aliphatic carbocycles. The minimum Gasteiger partial charge on any atom is -0.480 e. The van der Waals surface area contributed by atoms with Crippen LogP contribution in [0.2, 0.25) is 0 Å². The fourth-order valence-electron chi connectivity index (χ4n) is 1.70. The van der Waals surface area contributed by atoms with Gasteiger partial charge in [0.25, 0.3) is 0 Å². The third-order valence-corrected chi connectivity index (χ3v) is 4.28. The van der Waals surface area contributed by atoms with Crippen LogP contribution in [0.1, 0.15) is 5.56 Å². The maximum atomic E-state index is 12.0. The molecule has 1 aliphatic heterocycles. The first-order chi connectivity index (χ1) is 9.08. The van der Waals surface area contributed by atoms with Gasteiger partial charge < -0.3 is 10.0 Å². The van der Waals surface area contributed by atoms with Crippen LogP contribution in [0.15, 0.2) is 34.8 Å². The first kappa shape index (κ1) is 14.1. The van der Waals surface area contributed by atoms with E-state index in [0.717, 1.165) is 10.0 Å². The number of carboxylic acid groups (broad SMARTS) is 1. The molecule has 1 N–H and O–H groups in total. The number of nitrogens with zero attached hydrogens (tertiary/aromatic N) is 1. The molecule has 0 aromatic heterocycles. The molecule has 1 heterocycles. The molecule has 1 atom stereocenters. The van der Waals surface area contributed by atoms with Gasteiger partial charge >= 0.3 is 5.97 Å². The molecule has 4 nitrogen and oxygen atoms in total. The van der Waals surface area contributed by atoms with Crippen molar-refractivity contribution in [1.82, 2.24) is 4.90 Å². The van der Waals surface area contributed by atoms with Gasteiger partial charge in [0.1, 0.15) is 6.04 Å². The normalized spacial score (nSPS) is 19.0. The largest absolute Gasteiger partial charge is 0.480 e. The second kappa shape index (κ2) is 6.25. The van der Waals surface area contributed by atoms with Crippen molar-refractivity contribution >= 4 is 45.6 Å². The maximum Gasteiger partial charge on any atom is 0.327 e. The van der Waals surface area contributed by atoms with E-state index >= 15 is 0 Å². The van der Waals surface area contributed by atoms with E-state index in [1.54, 1.807) is 6.08 Å². The zero-order chi connectivity index (χ0) is 13.8. The van der Waals surface area contributed by atoms with Gasteiger partial charge in [0.15, 0.2) is 0 Å². The predicted octanol–water partition coefficient (Wildman–Crippen LogP) is 2.45. The van der Waals surface area contributed by atoms with Gasteiger partial charge in [-0.05, 0) is 23.8 Å². The van der Waals surface area contributed by atoms with Crippen molar-refractivity contribution in [3.05, 3.63) is 40.4 Å². The fraction of sp³-hybridized carbons (Fsp3) is 0.231. The van der Waals surface area contributed by atoms with Crippen molar-refractivity contribution in [3.63, 3.8) is 0 Å². The van der Waals surface area contributed by atoms with Gasteiger partial charge in [-0.2, -0.15) is 0 Å². The van der Waals surface area contributed by atoms with Crippen LogP contribution in [0.5, 0.6) is 0 Å². The average Bonchev–Trinajstić information content (AvgIpc) is 2.87. The summed E-state index contributed by atoms with van der Waals surface area (Å²) in [5.41, 5.74) is 0.898. The topological polar surface area (TPSA) is 57.6 Å². The van der Waals surface area contributed by atoms with Crippen LogP contribution in [0, 0.1) is 0 Å². The third kappa shape index (κ3) is 3.61. The van der Waals surface area contributed by atoms with E-state index in [4.69, 9.17) is 5.11 Å². The van der Waals surface area contributed by atoms with Gasteiger partial charge in [-0.25, -0.2) is 4.79 Å². The Balaban J connectivity index is 2.04. The lowest BCUT2D eigenvalue weighted by Crippen LogP contribution is -2.40. The van der Waals surface area contributed by atoms with Crippen molar-refractivity contribution in [2.75, 3.05) is 11.6 Å². The summed E-state index contributed by atoms with van der Waals surface area (Å²) >= 11 is 4.79. The summed E-state index contributed by atoms with van der Waals surface area (Å²) in [5.74, 6) is -0.330. The van der Waals surface area contributed by atoms with E-state index in [0.29, 0.717) is 11.6 Å². The second-order valence-electron chi connectivity index (χ2n) is 4.05. The molecule has 1 amide bonds. The van der Waals surface area contributed by atoms with Gasteiger partial charge in [0.2, 0.25) is 5.91 Å². The van der Waals surface area contributed by atoms with Crippen LogP contribution in [-0.4, -0.2) is 39.6 Å². The SMILES string of the molecule is O=C(O)[C@@H]1CSCN1C(=O)/C=C/c1ccc(Br)cc1. The van der Waals surface area contributed by atoms with E-state index in [2.05, 4.69) is 15.9 Å². The number of amides is 1. The third-order valence-electron chi connectivity index (χ3n) is 2.74. The molecular formula is C13H12BrNO3S. The van der Waals surface area contributed by atoms with Crippen molar-refractivity contribution in [3.8, 4) is 0 Å². The Hall–Kier alpha value is -1.27. The van der Waals surface area contributed by atoms with Crippen LogP contribution < -0.4 is 0 Å². The number of aliphatic carboxylic acids is 1. The van der Waals surface area contributed by atoms with Crippen molar-refractivity contribution in [2.45, 2.75) is 6.04 Å². The van der Waals surface area contributed by atoms with Gasteiger partial charge in [-0.15, -0.1) is 11.8 Å². The highest BCUT2D eigenvalue weighted by molar-refractivity contribution is 9.10. The summed E-state index contributed by atoms with van der Waals surface area (Å²) in [6, 6.07) is 6.81. The molecule has 2 rings (SSSR count). The number of halogens is 1. The molecule has 1 saturated heterocycles. The Kier molecular flexibility index (Phi) is 4.66. The first-order valence-corrected chi connectivity index (χ1v) is 7.57. The van der Waals surface area contributed by atoms with E-state index < -0.39 is 12.0 Å². The highest BCUT2D eigenvalue weighted by Crippen LogP contribution is 2.21. The summed E-state index contributed by atoms with van der Waals surface area (Å²) in [6.07, 6.45) is 3.11. The zero-order valence-electron chi connectivity index (χ0n) is 9.95. The smallest absolute Gasteiger partial charge is 0.327 e. The minimum absolute atomic E-state index is 0.264. The highest BCUT2D eigenvalue weighted by Gasteiger charge is 2.33. The molecule has 0 bridgehead atoms. The van der Waals surface area contributed by atoms with Crippen molar-refractivity contribution in [2.24, 2.45) is 0 Å². The van der Waals surface area contributed by atoms with Crippen LogP contribution in [-0.2, 0) is 9.59 Å². The number of benzene rings is 1. The van der Waals surface area contributed by atoms with Gasteiger partial charge in [0, 0.05) is 16.3 Å². The number of hydrogen-bond acceptors (Lipinski definition) is 3. The Morgan fingerprint density at radius 2 is 2.05 bits per heavy atom. The Bertz CT molecular complexity index is 515.